The maximum absolute atomic E-state index is 12.6. The molecule has 6 heteroatoms. The van der Waals surface area contributed by atoms with E-state index in [1.54, 1.807) is 7.11 Å². The number of hydrogen-bond acceptors (Lipinski definition) is 5. The highest BCUT2D eigenvalue weighted by Gasteiger charge is 2.26. The lowest BCUT2D eigenvalue weighted by molar-refractivity contribution is -0.134. The molecule has 3 heterocycles. The minimum absolute atomic E-state index is 0.245. The van der Waals surface area contributed by atoms with Gasteiger partial charge >= 0.3 is 0 Å². The molecule has 1 amide bonds. The summed E-state index contributed by atoms with van der Waals surface area (Å²) >= 11 is 0. The van der Waals surface area contributed by atoms with E-state index in [9.17, 15) is 4.79 Å². The summed E-state index contributed by atoms with van der Waals surface area (Å²) in [5.41, 5.74) is 3.42. The van der Waals surface area contributed by atoms with Gasteiger partial charge in [-0.1, -0.05) is 18.2 Å². The predicted molar refractivity (Wildman–Crippen MR) is 116 cm³/mol. The number of benzene rings is 1. The van der Waals surface area contributed by atoms with E-state index in [2.05, 4.69) is 35.2 Å². The van der Waals surface area contributed by atoms with Crippen LogP contribution in [-0.2, 0) is 16.0 Å². The van der Waals surface area contributed by atoms with Crippen LogP contribution in [0.5, 0.6) is 5.75 Å². The fraction of sp³-hybridized carbons (Fsp3) is 0.500. The lowest BCUT2D eigenvalue weighted by Gasteiger charge is -2.34. The van der Waals surface area contributed by atoms with E-state index in [0.717, 1.165) is 75.8 Å². The third kappa shape index (κ3) is 5.37. The first-order valence-corrected chi connectivity index (χ1v) is 10.9. The molecule has 2 aromatic rings. The maximum Gasteiger partial charge on any atom is 0.236 e. The highest BCUT2D eigenvalue weighted by Crippen LogP contribution is 2.27. The molecule has 0 bridgehead atoms. The van der Waals surface area contributed by atoms with E-state index < -0.39 is 0 Å². The molecular weight excluding hydrogens is 378 g/mol. The third-order valence-electron chi connectivity index (χ3n) is 6.08. The highest BCUT2D eigenvalue weighted by atomic mass is 16.5. The Hall–Kier alpha value is -2.44. The Balaban J connectivity index is 1.32. The molecule has 160 valence electrons. The summed E-state index contributed by atoms with van der Waals surface area (Å²) in [5.74, 6) is 1.54. The molecule has 6 nitrogen and oxygen atoms in total. The lowest BCUT2D eigenvalue weighted by Crippen LogP contribution is -2.46. The number of methoxy groups -OCH3 is 1. The van der Waals surface area contributed by atoms with Crippen LogP contribution >= 0.6 is 0 Å². The predicted octanol–water partition coefficient (Wildman–Crippen LogP) is 2.72. The van der Waals surface area contributed by atoms with Gasteiger partial charge in [-0.25, -0.2) is 0 Å². The molecule has 4 rings (SSSR count). The summed E-state index contributed by atoms with van der Waals surface area (Å²) in [6, 6.07) is 14.5. The third-order valence-corrected chi connectivity index (χ3v) is 6.08. The van der Waals surface area contributed by atoms with Crippen LogP contribution < -0.4 is 4.74 Å². The maximum atomic E-state index is 12.6. The molecule has 0 N–H and O–H groups in total. The minimum Gasteiger partial charge on any atom is -0.497 e. The second-order valence-corrected chi connectivity index (χ2v) is 8.13. The number of hydrogen-bond donors (Lipinski definition) is 0. The smallest absolute Gasteiger partial charge is 0.236 e. The van der Waals surface area contributed by atoms with Crippen molar-refractivity contribution in [3.63, 3.8) is 0 Å². The van der Waals surface area contributed by atoms with Crippen molar-refractivity contribution < 1.29 is 14.3 Å². The number of nitrogens with zero attached hydrogens (tertiary/aromatic N) is 3. The Kier molecular flexibility index (Phi) is 6.97. The number of rotatable bonds is 6. The van der Waals surface area contributed by atoms with Gasteiger partial charge in [0.05, 0.1) is 26.9 Å². The average Bonchev–Trinajstić information content (AvgIpc) is 2.80. The van der Waals surface area contributed by atoms with E-state index >= 15 is 0 Å². The molecule has 2 saturated heterocycles. The first-order chi connectivity index (χ1) is 14.7. The van der Waals surface area contributed by atoms with Gasteiger partial charge in [0.1, 0.15) is 5.75 Å². The summed E-state index contributed by atoms with van der Waals surface area (Å²) in [5, 5.41) is 0. The van der Waals surface area contributed by atoms with E-state index in [1.807, 2.05) is 17.0 Å². The van der Waals surface area contributed by atoms with Crippen LogP contribution in [-0.4, -0.2) is 73.7 Å². The molecule has 2 aliphatic heterocycles. The highest BCUT2D eigenvalue weighted by molar-refractivity contribution is 5.78. The Morgan fingerprint density at radius 3 is 2.63 bits per heavy atom. The zero-order valence-corrected chi connectivity index (χ0v) is 17.8. The first kappa shape index (κ1) is 20.8. The quantitative estimate of drug-likeness (QED) is 0.734. The van der Waals surface area contributed by atoms with Crippen LogP contribution in [0.2, 0.25) is 0 Å². The number of ether oxygens (including phenoxy) is 2. The minimum atomic E-state index is 0.245. The summed E-state index contributed by atoms with van der Waals surface area (Å²) < 4.78 is 10.7. The lowest BCUT2D eigenvalue weighted by atomic mass is 9.92. The van der Waals surface area contributed by atoms with E-state index in [4.69, 9.17) is 14.5 Å². The molecule has 30 heavy (non-hydrogen) atoms. The Bertz CT molecular complexity index is 843. The number of carbonyl (C=O) groups is 1. The first-order valence-electron chi connectivity index (χ1n) is 10.9. The van der Waals surface area contributed by atoms with E-state index in [-0.39, 0.29) is 5.91 Å². The van der Waals surface area contributed by atoms with Gasteiger partial charge in [0.15, 0.2) is 0 Å². The van der Waals surface area contributed by atoms with Crippen LogP contribution in [0.25, 0.3) is 0 Å². The van der Waals surface area contributed by atoms with Crippen LogP contribution in [0, 0.1) is 0 Å². The van der Waals surface area contributed by atoms with Gasteiger partial charge in [-0.15, -0.1) is 0 Å². The average molecular weight is 410 g/mol. The van der Waals surface area contributed by atoms with Gasteiger partial charge in [-0.3, -0.25) is 14.7 Å². The van der Waals surface area contributed by atoms with Crippen LogP contribution in [0.1, 0.15) is 35.7 Å². The molecule has 1 aromatic carbocycles. The SMILES string of the molecule is COc1cccc(Cc2cccc(C3CCN(C(=O)CN4CCOCC4)CC3)n2)c1. The van der Waals surface area contributed by atoms with Gasteiger partial charge in [0.2, 0.25) is 5.91 Å². The fourth-order valence-corrected chi connectivity index (χ4v) is 4.29. The van der Waals surface area contributed by atoms with Crippen molar-refractivity contribution in [3.8, 4) is 5.75 Å². The number of morpholine rings is 1. The number of likely N-dealkylation sites (tertiary alicyclic amines) is 1. The zero-order chi connectivity index (χ0) is 20.8. The van der Waals surface area contributed by atoms with Gasteiger partial charge in [-0.05, 0) is 42.7 Å². The second kappa shape index (κ2) is 10.0. The zero-order valence-electron chi connectivity index (χ0n) is 17.8. The fourth-order valence-electron chi connectivity index (χ4n) is 4.29. The van der Waals surface area contributed by atoms with Crippen molar-refractivity contribution in [2.24, 2.45) is 0 Å². The second-order valence-electron chi connectivity index (χ2n) is 8.13. The molecule has 0 atom stereocenters. The Morgan fingerprint density at radius 1 is 1.10 bits per heavy atom. The molecule has 0 spiro atoms. The van der Waals surface area contributed by atoms with Crippen molar-refractivity contribution >= 4 is 5.91 Å². The molecule has 0 saturated carbocycles. The normalized spacial score (nSPS) is 18.4. The summed E-state index contributed by atoms with van der Waals surface area (Å²) in [7, 11) is 1.69. The van der Waals surface area contributed by atoms with Crippen molar-refractivity contribution in [2.45, 2.75) is 25.2 Å². The number of piperidine rings is 1. The molecule has 1 aromatic heterocycles. The number of carbonyl (C=O) groups excluding carboxylic acids is 1. The van der Waals surface area contributed by atoms with Crippen molar-refractivity contribution in [1.82, 2.24) is 14.8 Å². The number of amides is 1. The Morgan fingerprint density at radius 2 is 1.87 bits per heavy atom. The number of aromatic nitrogens is 1. The van der Waals surface area contributed by atoms with Gasteiger partial charge in [0.25, 0.3) is 0 Å². The molecule has 2 fully saturated rings. The largest absolute Gasteiger partial charge is 0.497 e. The van der Waals surface area contributed by atoms with Crippen LogP contribution in [0.4, 0.5) is 0 Å². The molecular formula is C24H31N3O3. The van der Waals surface area contributed by atoms with Crippen LogP contribution in [0.15, 0.2) is 42.5 Å². The molecule has 0 aliphatic carbocycles. The van der Waals surface area contributed by atoms with Crippen molar-refractivity contribution in [3.05, 3.63) is 59.4 Å². The number of pyridine rings is 1. The van der Waals surface area contributed by atoms with Crippen molar-refractivity contribution in [1.29, 1.82) is 0 Å². The molecule has 2 aliphatic rings. The van der Waals surface area contributed by atoms with Gasteiger partial charge in [-0.2, -0.15) is 0 Å². The standard InChI is InChI=1S/C24H31N3O3/c1-29-22-6-2-4-19(17-22)16-21-5-3-7-23(25-21)20-8-10-27(11-9-20)24(28)18-26-12-14-30-15-13-26/h2-7,17,20H,8-16,18H2,1H3. The summed E-state index contributed by atoms with van der Waals surface area (Å²) in [4.78, 5) is 21.8. The van der Waals surface area contributed by atoms with E-state index in [0.29, 0.717) is 12.5 Å². The monoisotopic (exact) mass is 409 g/mol. The van der Waals surface area contributed by atoms with Gasteiger partial charge < -0.3 is 14.4 Å². The van der Waals surface area contributed by atoms with E-state index in [1.165, 1.54) is 5.56 Å². The Labute approximate surface area is 178 Å². The summed E-state index contributed by atoms with van der Waals surface area (Å²) in [6.07, 6.45) is 2.75. The molecule has 0 unspecified atom stereocenters. The summed E-state index contributed by atoms with van der Waals surface area (Å²) in [6.45, 7) is 5.31. The van der Waals surface area contributed by atoms with Gasteiger partial charge in [0, 0.05) is 49.9 Å². The topological polar surface area (TPSA) is 54.9 Å². The van der Waals surface area contributed by atoms with Crippen molar-refractivity contribution in [2.75, 3.05) is 53.0 Å². The van der Waals surface area contributed by atoms with Crippen LogP contribution in [0.3, 0.4) is 0 Å². The molecule has 0 radical (unpaired) electrons.